The molecule has 122 valence electrons. The number of amides is 2. The number of aryl methyl sites for hydroxylation is 1. The number of rotatable bonds is 9. The fourth-order valence-corrected chi connectivity index (χ4v) is 2.76. The molecule has 0 aromatic heterocycles. The monoisotopic (exact) mass is 306 g/mol. The van der Waals surface area contributed by atoms with Gasteiger partial charge >= 0.3 is 0 Å². The first-order valence-corrected chi connectivity index (χ1v) is 7.72. The molecular weight excluding hydrogens is 280 g/mol. The Bertz CT molecular complexity index is 474. The second kappa shape index (κ2) is 9.20. The number of benzene rings is 1. The second-order valence-electron chi connectivity index (χ2n) is 6.10. The Morgan fingerprint density at radius 2 is 1.82 bits per heavy atom. The highest BCUT2D eigenvalue weighted by Crippen LogP contribution is 2.25. The summed E-state index contributed by atoms with van der Waals surface area (Å²) in [5, 5.41) is 8.93. The molecule has 5 nitrogen and oxygen atoms in total. The van der Waals surface area contributed by atoms with Gasteiger partial charge in [0.15, 0.2) is 0 Å². The third-order valence-corrected chi connectivity index (χ3v) is 3.85. The van der Waals surface area contributed by atoms with Gasteiger partial charge in [0, 0.05) is 5.92 Å². The van der Waals surface area contributed by atoms with E-state index in [1.807, 2.05) is 44.2 Å². The number of carbonyl (C=O) groups excluding carboxylic acids is 2. The van der Waals surface area contributed by atoms with E-state index < -0.39 is 23.7 Å². The quantitative estimate of drug-likeness (QED) is 0.483. The Kier molecular flexibility index (Phi) is 7.60. The van der Waals surface area contributed by atoms with Crippen molar-refractivity contribution >= 4 is 11.8 Å². The van der Waals surface area contributed by atoms with Crippen molar-refractivity contribution in [2.45, 2.75) is 39.5 Å². The van der Waals surface area contributed by atoms with Crippen LogP contribution in [0.1, 0.15) is 38.7 Å². The minimum atomic E-state index is -0.589. The molecule has 0 aliphatic rings. The lowest BCUT2D eigenvalue weighted by Crippen LogP contribution is -2.40. The fourth-order valence-electron chi connectivity index (χ4n) is 2.76. The SMILES string of the molecule is CC(C)C[C@@H](C(N)=O)[C@H](CCCc1ccccc1)C(=O)NO. The molecule has 2 amide bonds. The fraction of sp³-hybridized carbons (Fsp3) is 0.529. The number of hydrogen-bond donors (Lipinski definition) is 3. The molecular formula is C17H26N2O3. The smallest absolute Gasteiger partial charge is 0.247 e. The van der Waals surface area contributed by atoms with Crippen LogP contribution in [0.3, 0.4) is 0 Å². The van der Waals surface area contributed by atoms with Crippen LogP contribution < -0.4 is 11.2 Å². The molecule has 1 rings (SSSR count). The van der Waals surface area contributed by atoms with Gasteiger partial charge in [-0.05, 0) is 37.2 Å². The third-order valence-electron chi connectivity index (χ3n) is 3.85. The van der Waals surface area contributed by atoms with Gasteiger partial charge in [-0.2, -0.15) is 0 Å². The number of carbonyl (C=O) groups is 2. The minimum absolute atomic E-state index is 0.251. The first kappa shape index (κ1) is 18.2. The van der Waals surface area contributed by atoms with E-state index in [4.69, 9.17) is 10.9 Å². The molecule has 1 aromatic carbocycles. The molecule has 0 aliphatic carbocycles. The van der Waals surface area contributed by atoms with E-state index in [9.17, 15) is 9.59 Å². The van der Waals surface area contributed by atoms with Crippen molar-refractivity contribution in [3.8, 4) is 0 Å². The van der Waals surface area contributed by atoms with Crippen LogP contribution in [0.4, 0.5) is 0 Å². The molecule has 0 radical (unpaired) electrons. The second-order valence-corrected chi connectivity index (χ2v) is 6.10. The molecule has 2 atom stereocenters. The molecule has 5 heteroatoms. The molecule has 0 fully saturated rings. The minimum Gasteiger partial charge on any atom is -0.369 e. The van der Waals surface area contributed by atoms with E-state index in [0.717, 1.165) is 12.8 Å². The predicted octanol–water partition coefficient (Wildman–Crippen LogP) is 2.28. The van der Waals surface area contributed by atoms with E-state index in [1.54, 1.807) is 5.48 Å². The summed E-state index contributed by atoms with van der Waals surface area (Å²) in [5.74, 6) is -1.91. The lowest BCUT2D eigenvalue weighted by Gasteiger charge is -2.24. The molecule has 0 unspecified atom stereocenters. The van der Waals surface area contributed by atoms with E-state index in [1.165, 1.54) is 5.56 Å². The van der Waals surface area contributed by atoms with Gasteiger partial charge in [0.1, 0.15) is 0 Å². The van der Waals surface area contributed by atoms with Crippen molar-refractivity contribution in [2.24, 2.45) is 23.5 Å². The number of hydrogen-bond acceptors (Lipinski definition) is 3. The summed E-state index contributed by atoms with van der Waals surface area (Å²) in [4.78, 5) is 23.6. The van der Waals surface area contributed by atoms with Crippen LogP contribution in [0.15, 0.2) is 30.3 Å². The van der Waals surface area contributed by atoms with Crippen LogP contribution in [0.2, 0.25) is 0 Å². The number of nitrogens with two attached hydrogens (primary N) is 1. The topological polar surface area (TPSA) is 92.4 Å². The van der Waals surface area contributed by atoms with Crippen molar-refractivity contribution in [2.75, 3.05) is 0 Å². The number of hydroxylamine groups is 1. The number of primary amides is 1. The van der Waals surface area contributed by atoms with Crippen LogP contribution >= 0.6 is 0 Å². The highest BCUT2D eigenvalue weighted by atomic mass is 16.5. The summed E-state index contributed by atoms with van der Waals surface area (Å²) in [6.07, 6.45) is 2.63. The van der Waals surface area contributed by atoms with E-state index >= 15 is 0 Å². The average Bonchev–Trinajstić information content (AvgIpc) is 2.49. The largest absolute Gasteiger partial charge is 0.369 e. The molecule has 1 aromatic rings. The molecule has 0 saturated heterocycles. The van der Waals surface area contributed by atoms with Gasteiger partial charge in [0.05, 0.1) is 5.92 Å². The molecule has 4 N–H and O–H groups in total. The summed E-state index contributed by atoms with van der Waals surface area (Å²) < 4.78 is 0. The van der Waals surface area contributed by atoms with Gasteiger partial charge in [0.25, 0.3) is 0 Å². The Hall–Kier alpha value is -1.88. The van der Waals surface area contributed by atoms with Crippen LogP contribution in [-0.2, 0) is 16.0 Å². The molecule has 22 heavy (non-hydrogen) atoms. The van der Waals surface area contributed by atoms with E-state index in [-0.39, 0.29) is 5.92 Å². The Morgan fingerprint density at radius 3 is 2.32 bits per heavy atom. The zero-order valence-corrected chi connectivity index (χ0v) is 13.3. The zero-order valence-electron chi connectivity index (χ0n) is 13.3. The highest BCUT2D eigenvalue weighted by molar-refractivity contribution is 5.86. The summed E-state index contributed by atoms with van der Waals surface area (Å²) >= 11 is 0. The highest BCUT2D eigenvalue weighted by Gasteiger charge is 2.32. The summed E-state index contributed by atoms with van der Waals surface area (Å²) in [6.45, 7) is 3.96. The Morgan fingerprint density at radius 1 is 1.18 bits per heavy atom. The maximum Gasteiger partial charge on any atom is 0.247 e. The maximum absolute atomic E-state index is 11.9. The predicted molar refractivity (Wildman–Crippen MR) is 84.9 cm³/mol. The summed E-state index contributed by atoms with van der Waals surface area (Å²) in [6, 6.07) is 9.95. The standard InChI is InChI=1S/C17H26N2O3/c1-12(2)11-15(16(18)20)14(17(21)19-22)10-6-9-13-7-4-3-5-8-13/h3-5,7-8,12,14-15,22H,6,9-11H2,1-2H3,(H2,18,20)(H,19,21)/t14-,15+/m0/s1. The molecule has 0 bridgehead atoms. The zero-order chi connectivity index (χ0) is 16.5. The average molecular weight is 306 g/mol. The first-order valence-electron chi connectivity index (χ1n) is 7.72. The van der Waals surface area contributed by atoms with Gasteiger partial charge in [-0.25, -0.2) is 5.48 Å². The van der Waals surface area contributed by atoms with E-state index in [2.05, 4.69) is 0 Å². The number of nitrogens with one attached hydrogen (secondary N) is 1. The van der Waals surface area contributed by atoms with Crippen molar-refractivity contribution < 1.29 is 14.8 Å². The lowest BCUT2D eigenvalue weighted by molar-refractivity contribution is -0.140. The van der Waals surface area contributed by atoms with Crippen LogP contribution in [-0.4, -0.2) is 17.0 Å². The third kappa shape index (κ3) is 5.85. The van der Waals surface area contributed by atoms with Gasteiger partial charge in [0.2, 0.25) is 11.8 Å². The summed E-state index contributed by atoms with van der Waals surface area (Å²) in [7, 11) is 0. The maximum atomic E-state index is 11.9. The molecule has 0 heterocycles. The Balaban J connectivity index is 2.70. The van der Waals surface area contributed by atoms with Gasteiger partial charge in [-0.1, -0.05) is 44.2 Å². The van der Waals surface area contributed by atoms with Crippen LogP contribution in [0.5, 0.6) is 0 Å². The van der Waals surface area contributed by atoms with Gasteiger partial charge in [-0.3, -0.25) is 14.8 Å². The van der Waals surface area contributed by atoms with Crippen LogP contribution in [0, 0.1) is 17.8 Å². The van der Waals surface area contributed by atoms with Crippen molar-refractivity contribution in [1.82, 2.24) is 5.48 Å². The van der Waals surface area contributed by atoms with Gasteiger partial charge < -0.3 is 5.73 Å². The molecule has 0 saturated carbocycles. The summed E-state index contributed by atoms with van der Waals surface area (Å²) in [5.41, 5.74) is 8.32. The lowest BCUT2D eigenvalue weighted by atomic mass is 9.81. The van der Waals surface area contributed by atoms with Crippen molar-refractivity contribution in [1.29, 1.82) is 0 Å². The van der Waals surface area contributed by atoms with Gasteiger partial charge in [-0.15, -0.1) is 0 Å². The molecule has 0 spiro atoms. The van der Waals surface area contributed by atoms with Crippen molar-refractivity contribution in [3.63, 3.8) is 0 Å². The normalized spacial score (nSPS) is 13.6. The van der Waals surface area contributed by atoms with Crippen molar-refractivity contribution in [3.05, 3.63) is 35.9 Å². The van der Waals surface area contributed by atoms with E-state index in [0.29, 0.717) is 12.8 Å². The Labute approximate surface area is 131 Å². The first-order chi connectivity index (χ1) is 10.5. The van der Waals surface area contributed by atoms with Crippen LogP contribution in [0.25, 0.3) is 0 Å². The molecule has 0 aliphatic heterocycles.